The minimum absolute atomic E-state index is 0.120. The molecule has 0 saturated heterocycles. The van der Waals surface area contributed by atoms with Gasteiger partial charge in [0, 0.05) is 12.5 Å². The summed E-state index contributed by atoms with van der Waals surface area (Å²) in [5.74, 6) is 1.13. The van der Waals surface area contributed by atoms with Gasteiger partial charge in [-0.05, 0) is 47.4 Å². The van der Waals surface area contributed by atoms with Gasteiger partial charge in [-0.1, -0.05) is 32.0 Å². The minimum Gasteiger partial charge on any atom is -0.497 e. The van der Waals surface area contributed by atoms with Crippen LogP contribution in [0.5, 0.6) is 5.75 Å². The Kier molecular flexibility index (Phi) is 5.20. The van der Waals surface area contributed by atoms with E-state index in [1.165, 1.54) is 0 Å². The van der Waals surface area contributed by atoms with Crippen molar-refractivity contribution in [1.82, 2.24) is 5.32 Å². The van der Waals surface area contributed by atoms with Crippen LogP contribution in [0.4, 0.5) is 0 Å². The van der Waals surface area contributed by atoms with Crippen LogP contribution in [0, 0.1) is 5.92 Å². The van der Waals surface area contributed by atoms with Crippen molar-refractivity contribution in [3.8, 4) is 5.75 Å². The number of rotatable bonds is 6. The molecule has 0 saturated carbocycles. The van der Waals surface area contributed by atoms with E-state index in [1.807, 2.05) is 18.2 Å². The fraction of sp³-hybridized carbons (Fsp3) is 0.389. The molecule has 21 heavy (non-hydrogen) atoms. The zero-order chi connectivity index (χ0) is 15.2. The molecule has 1 amide bonds. The molecule has 2 rings (SSSR count). The van der Waals surface area contributed by atoms with E-state index in [2.05, 4.69) is 37.4 Å². The van der Waals surface area contributed by atoms with Crippen molar-refractivity contribution in [2.45, 2.75) is 33.2 Å². The molecule has 3 heteroatoms. The van der Waals surface area contributed by atoms with Crippen molar-refractivity contribution < 1.29 is 9.53 Å². The number of ether oxygens (including phenoxy) is 1. The molecule has 0 aliphatic rings. The lowest BCUT2D eigenvalue weighted by molar-refractivity contribution is -0.125. The Balaban J connectivity index is 2.08. The van der Waals surface area contributed by atoms with Crippen LogP contribution in [-0.4, -0.2) is 13.0 Å². The van der Waals surface area contributed by atoms with E-state index >= 15 is 0 Å². The van der Waals surface area contributed by atoms with Gasteiger partial charge in [-0.25, -0.2) is 0 Å². The van der Waals surface area contributed by atoms with Crippen LogP contribution < -0.4 is 10.1 Å². The van der Waals surface area contributed by atoms with Gasteiger partial charge in [-0.2, -0.15) is 0 Å². The van der Waals surface area contributed by atoms with E-state index in [4.69, 9.17) is 4.74 Å². The summed E-state index contributed by atoms with van der Waals surface area (Å²) < 4.78 is 5.23. The van der Waals surface area contributed by atoms with Crippen LogP contribution in [0.3, 0.4) is 0 Å². The molecule has 1 N–H and O–H groups in total. The summed E-state index contributed by atoms with van der Waals surface area (Å²) in [6, 6.07) is 12.2. The normalized spacial score (nSPS) is 10.9. The summed E-state index contributed by atoms with van der Waals surface area (Å²) in [4.78, 5) is 12.0. The average molecular weight is 285 g/mol. The lowest BCUT2D eigenvalue weighted by Crippen LogP contribution is -2.29. The zero-order valence-corrected chi connectivity index (χ0v) is 13.0. The van der Waals surface area contributed by atoms with Gasteiger partial charge in [-0.3, -0.25) is 4.79 Å². The summed E-state index contributed by atoms with van der Waals surface area (Å²) in [5.41, 5.74) is 1.12. The van der Waals surface area contributed by atoms with E-state index in [1.54, 1.807) is 7.11 Å². The number of carbonyl (C=O) groups excluding carboxylic acids is 1. The molecule has 0 atom stereocenters. The van der Waals surface area contributed by atoms with Crippen LogP contribution in [0.15, 0.2) is 36.4 Å². The van der Waals surface area contributed by atoms with Crippen LogP contribution in [0.25, 0.3) is 10.8 Å². The maximum absolute atomic E-state index is 12.0. The third-order valence-corrected chi connectivity index (χ3v) is 3.93. The first-order valence-corrected chi connectivity index (χ1v) is 7.52. The number of carbonyl (C=O) groups is 1. The number of methoxy groups -OCH3 is 1. The van der Waals surface area contributed by atoms with E-state index in [9.17, 15) is 4.79 Å². The molecular weight excluding hydrogens is 262 g/mol. The van der Waals surface area contributed by atoms with Gasteiger partial charge in [0.25, 0.3) is 0 Å². The molecule has 0 aliphatic carbocycles. The average Bonchev–Trinajstić information content (AvgIpc) is 2.53. The van der Waals surface area contributed by atoms with Crippen LogP contribution in [0.2, 0.25) is 0 Å². The van der Waals surface area contributed by atoms with Gasteiger partial charge < -0.3 is 10.1 Å². The highest BCUT2D eigenvalue weighted by atomic mass is 16.5. The summed E-state index contributed by atoms with van der Waals surface area (Å²) in [6.45, 7) is 4.69. The lowest BCUT2D eigenvalue weighted by atomic mass is 10.0. The Labute approximate surface area is 126 Å². The molecule has 112 valence electrons. The molecule has 0 aliphatic heterocycles. The first-order valence-electron chi connectivity index (χ1n) is 7.52. The zero-order valence-electron chi connectivity index (χ0n) is 13.0. The molecule has 0 fully saturated rings. The first-order chi connectivity index (χ1) is 10.2. The van der Waals surface area contributed by atoms with Crippen LogP contribution >= 0.6 is 0 Å². The van der Waals surface area contributed by atoms with E-state index < -0.39 is 0 Å². The van der Waals surface area contributed by atoms with E-state index in [0.717, 1.165) is 34.9 Å². The highest BCUT2D eigenvalue weighted by molar-refractivity contribution is 5.84. The van der Waals surface area contributed by atoms with Gasteiger partial charge in [0.1, 0.15) is 5.75 Å². The topological polar surface area (TPSA) is 38.3 Å². The van der Waals surface area contributed by atoms with Crippen molar-refractivity contribution in [3.05, 3.63) is 42.0 Å². The SMILES string of the molecule is CCC(CC)C(=O)NCc1ccc2cc(OC)ccc2c1. The third-order valence-electron chi connectivity index (χ3n) is 3.93. The van der Waals surface area contributed by atoms with Crippen LogP contribution in [-0.2, 0) is 11.3 Å². The summed E-state index contributed by atoms with van der Waals surface area (Å²) in [7, 11) is 1.67. The maximum atomic E-state index is 12.0. The van der Waals surface area contributed by atoms with E-state index in [0.29, 0.717) is 6.54 Å². The molecule has 0 aromatic heterocycles. The Hall–Kier alpha value is -2.03. The number of hydrogen-bond acceptors (Lipinski definition) is 2. The summed E-state index contributed by atoms with van der Waals surface area (Å²) in [5, 5.41) is 5.32. The fourth-order valence-electron chi connectivity index (χ4n) is 2.50. The molecule has 0 spiro atoms. The van der Waals surface area contributed by atoms with Crippen molar-refractivity contribution in [2.24, 2.45) is 5.92 Å². The predicted octanol–water partition coefficient (Wildman–Crippen LogP) is 3.90. The molecule has 3 nitrogen and oxygen atoms in total. The number of fused-ring (bicyclic) bond motifs is 1. The van der Waals surface area contributed by atoms with Crippen molar-refractivity contribution in [3.63, 3.8) is 0 Å². The van der Waals surface area contributed by atoms with Crippen molar-refractivity contribution >= 4 is 16.7 Å². The number of benzene rings is 2. The maximum Gasteiger partial charge on any atom is 0.223 e. The highest BCUT2D eigenvalue weighted by Gasteiger charge is 2.13. The molecule has 0 bridgehead atoms. The predicted molar refractivity (Wildman–Crippen MR) is 86.4 cm³/mol. The van der Waals surface area contributed by atoms with Crippen molar-refractivity contribution in [1.29, 1.82) is 0 Å². The van der Waals surface area contributed by atoms with Gasteiger partial charge in [0.05, 0.1) is 7.11 Å². The molecule has 0 radical (unpaired) electrons. The van der Waals surface area contributed by atoms with Gasteiger partial charge in [-0.15, -0.1) is 0 Å². The largest absolute Gasteiger partial charge is 0.497 e. The molecule has 2 aromatic rings. The van der Waals surface area contributed by atoms with Gasteiger partial charge in [0.2, 0.25) is 5.91 Å². The number of amides is 1. The Morgan fingerprint density at radius 3 is 2.43 bits per heavy atom. The molecule has 2 aromatic carbocycles. The van der Waals surface area contributed by atoms with Gasteiger partial charge in [0.15, 0.2) is 0 Å². The second-order valence-electron chi connectivity index (χ2n) is 5.28. The second kappa shape index (κ2) is 7.11. The molecule has 0 heterocycles. The summed E-state index contributed by atoms with van der Waals surface area (Å²) >= 11 is 0. The molecule has 0 unspecified atom stereocenters. The lowest BCUT2D eigenvalue weighted by Gasteiger charge is -2.13. The quantitative estimate of drug-likeness (QED) is 0.874. The second-order valence-corrected chi connectivity index (χ2v) is 5.28. The number of hydrogen-bond donors (Lipinski definition) is 1. The monoisotopic (exact) mass is 285 g/mol. The Morgan fingerprint density at radius 2 is 1.76 bits per heavy atom. The summed E-state index contributed by atoms with van der Waals surface area (Å²) in [6.07, 6.45) is 1.78. The standard InChI is InChI=1S/C18H23NO2/c1-4-14(5-2)18(20)19-12-13-6-7-16-11-17(21-3)9-8-15(16)10-13/h6-11,14H,4-5,12H2,1-3H3,(H,19,20). The fourth-order valence-corrected chi connectivity index (χ4v) is 2.50. The third kappa shape index (κ3) is 3.75. The van der Waals surface area contributed by atoms with Crippen molar-refractivity contribution in [2.75, 3.05) is 7.11 Å². The smallest absolute Gasteiger partial charge is 0.223 e. The van der Waals surface area contributed by atoms with Gasteiger partial charge >= 0.3 is 0 Å². The Bertz CT molecular complexity index is 618. The van der Waals surface area contributed by atoms with E-state index in [-0.39, 0.29) is 11.8 Å². The first kappa shape index (κ1) is 15.4. The minimum atomic E-state index is 0.120. The highest BCUT2D eigenvalue weighted by Crippen LogP contribution is 2.21. The number of nitrogens with one attached hydrogen (secondary N) is 1. The van der Waals surface area contributed by atoms with Crippen LogP contribution in [0.1, 0.15) is 32.3 Å². The Morgan fingerprint density at radius 1 is 1.10 bits per heavy atom. The molecular formula is C18H23NO2.